The molecule has 9 heteroatoms. The van der Waals surface area contributed by atoms with Gasteiger partial charge in [0.25, 0.3) is 0 Å². The number of carboxylic acid groups (broad SMARTS) is 1. The van der Waals surface area contributed by atoms with E-state index >= 15 is 0 Å². The van der Waals surface area contributed by atoms with Crippen molar-refractivity contribution in [3.05, 3.63) is 0 Å². The van der Waals surface area contributed by atoms with Gasteiger partial charge in [-0.25, -0.2) is 8.42 Å². The average Bonchev–Trinajstić information content (AvgIpc) is 2.21. The van der Waals surface area contributed by atoms with Crippen LogP contribution in [0.15, 0.2) is 0 Å². The van der Waals surface area contributed by atoms with Crippen molar-refractivity contribution in [2.45, 2.75) is 25.1 Å². The van der Waals surface area contributed by atoms with Crippen LogP contribution in [0.5, 0.6) is 0 Å². The molecule has 2 atom stereocenters. The molecule has 1 heterocycles. The second-order valence-electron chi connectivity index (χ2n) is 3.66. The molecule has 0 aliphatic carbocycles. The zero-order chi connectivity index (χ0) is 13.4. The number of rotatable bonds is 3. The van der Waals surface area contributed by atoms with Crippen molar-refractivity contribution >= 4 is 27.8 Å². The van der Waals surface area contributed by atoms with Crippen LogP contribution in [0.4, 0.5) is 0 Å². The summed E-state index contributed by atoms with van der Waals surface area (Å²) in [7, 11) is -4.22. The zero-order valence-corrected chi connectivity index (χ0v) is 10.0. The Balaban J connectivity index is 3.10. The molecule has 0 saturated carbocycles. The minimum Gasteiger partial charge on any atom is -0.480 e. The highest BCUT2D eigenvalue weighted by molar-refractivity contribution is 7.90. The third-order valence-corrected chi connectivity index (χ3v) is 4.69. The smallest absolute Gasteiger partial charge is 0.323 e. The van der Waals surface area contributed by atoms with Gasteiger partial charge in [-0.2, -0.15) is 4.31 Å². The number of piperazine rings is 1. The predicted molar refractivity (Wildman–Crippen MR) is 55.3 cm³/mol. The number of hydrogen-bond donors (Lipinski definition) is 2. The van der Waals surface area contributed by atoms with Crippen molar-refractivity contribution in [3.63, 3.8) is 0 Å². The van der Waals surface area contributed by atoms with Crippen LogP contribution in [0.1, 0.15) is 13.8 Å². The number of sulfonamides is 1. The minimum atomic E-state index is -4.22. The number of amides is 2. The van der Waals surface area contributed by atoms with E-state index in [9.17, 15) is 22.8 Å². The SMILES string of the molecule is CC1C(=O)NC(=O)CN1S(=O)(=O)C(C)C(=O)O. The van der Waals surface area contributed by atoms with Crippen LogP contribution < -0.4 is 5.32 Å². The van der Waals surface area contributed by atoms with Crippen LogP contribution in [0.2, 0.25) is 0 Å². The Hall–Kier alpha value is -1.48. The van der Waals surface area contributed by atoms with Crippen LogP contribution in [0.25, 0.3) is 0 Å². The molecule has 2 unspecified atom stereocenters. The molecule has 0 aromatic carbocycles. The van der Waals surface area contributed by atoms with Gasteiger partial charge in [0.05, 0.1) is 6.54 Å². The van der Waals surface area contributed by atoms with Crippen LogP contribution in [-0.4, -0.2) is 53.4 Å². The summed E-state index contributed by atoms with van der Waals surface area (Å²) in [6.45, 7) is 1.72. The molecule has 1 aliphatic rings. The lowest BCUT2D eigenvalue weighted by atomic mass is 10.2. The first-order valence-corrected chi connectivity index (χ1v) is 6.25. The molecular weight excluding hydrogens is 252 g/mol. The van der Waals surface area contributed by atoms with Gasteiger partial charge >= 0.3 is 5.97 Å². The van der Waals surface area contributed by atoms with Gasteiger partial charge < -0.3 is 5.11 Å². The van der Waals surface area contributed by atoms with E-state index in [1.54, 1.807) is 0 Å². The molecule has 17 heavy (non-hydrogen) atoms. The first-order valence-electron chi connectivity index (χ1n) is 4.75. The van der Waals surface area contributed by atoms with Gasteiger partial charge in [-0.05, 0) is 13.8 Å². The molecule has 0 radical (unpaired) electrons. The van der Waals surface area contributed by atoms with Gasteiger partial charge in [0, 0.05) is 0 Å². The molecule has 1 fully saturated rings. The van der Waals surface area contributed by atoms with Gasteiger partial charge in [0.1, 0.15) is 6.04 Å². The summed E-state index contributed by atoms with van der Waals surface area (Å²) < 4.78 is 24.3. The maximum atomic E-state index is 11.8. The first kappa shape index (κ1) is 13.6. The van der Waals surface area contributed by atoms with E-state index in [0.717, 1.165) is 6.92 Å². The van der Waals surface area contributed by atoms with E-state index in [0.29, 0.717) is 4.31 Å². The summed E-state index contributed by atoms with van der Waals surface area (Å²) in [5.74, 6) is -3.06. The monoisotopic (exact) mass is 264 g/mol. The molecule has 1 rings (SSSR count). The maximum Gasteiger partial charge on any atom is 0.323 e. The van der Waals surface area contributed by atoms with Crippen molar-refractivity contribution in [3.8, 4) is 0 Å². The Morgan fingerprint density at radius 2 is 2.06 bits per heavy atom. The minimum absolute atomic E-state index is 0.549. The molecule has 8 nitrogen and oxygen atoms in total. The number of carbonyl (C=O) groups is 3. The number of hydrogen-bond acceptors (Lipinski definition) is 5. The lowest BCUT2D eigenvalue weighted by Crippen LogP contribution is -2.60. The van der Waals surface area contributed by atoms with Gasteiger partial charge in [-0.1, -0.05) is 0 Å². The second-order valence-corrected chi connectivity index (χ2v) is 5.87. The fraction of sp³-hybridized carbons (Fsp3) is 0.625. The number of nitrogens with zero attached hydrogens (tertiary/aromatic N) is 1. The number of imide groups is 1. The molecule has 96 valence electrons. The van der Waals surface area contributed by atoms with Gasteiger partial charge in [0.2, 0.25) is 21.8 Å². The molecule has 0 bridgehead atoms. The fourth-order valence-corrected chi connectivity index (χ4v) is 2.83. The normalized spacial score (nSPS) is 24.2. The van der Waals surface area contributed by atoms with Crippen molar-refractivity contribution in [2.75, 3.05) is 6.54 Å². The molecule has 2 amide bonds. The summed E-state index contributed by atoms with van der Waals surface area (Å²) >= 11 is 0. The van der Waals surface area contributed by atoms with Crippen LogP contribution in [0.3, 0.4) is 0 Å². The van der Waals surface area contributed by atoms with Gasteiger partial charge in [-0.15, -0.1) is 0 Å². The predicted octanol–water partition coefficient (Wildman–Crippen LogP) is -1.86. The Morgan fingerprint density at radius 3 is 2.53 bits per heavy atom. The van der Waals surface area contributed by atoms with E-state index in [1.807, 2.05) is 5.32 Å². The van der Waals surface area contributed by atoms with Crippen LogP contribution >= 0.6 is 0 Å². The highest BCUT2D eigenvalue weighted by Crippen LogP contribution is 2.15. The molecule has 0 spiro atoms. The molecule has 0 aromatic rings. The van der Waals surface area contributed by atoms with E-state index in [2.05, 4.69) is 0 Å². The molecular formula is C8H12N2O6S. The van der Waals surface area contributed by atoms with Crippen molar-refractivity contribution in [1.29, 1.82) is 0 Å². The summed E-state index contributed by atoms with van der Waals surface area (Å²) in [6, 6.07) is -1.10. The first-order chi connectivity index (χ1) is 7.67. The van der Waals surface area contributed by atoms with E-state index in [4.69, 9.17) is 5.11 Å². The van der Waals surface area contributed by atoms with E-state index < -0.39 is 45.6 Å². The van der Waals surface area contributed by atoms with Crippen molar-refractivity contribution in [2.24, 2.45) is 0 Å². The lowest BCUT2D eigenvalue weighted by molar-refractivity contribution is -0.138. The topological polar surface area (TPSA) is 121 Å². The third-order valence-electron chi connectivity index (χ3n) is 2.49. The summed E-state index contributed by atoms with van der Waals surface area (Å²) in [4.78, 5) is 33.0. The maximum absolute atomic E-state index is 11.8. The molecule has 1 saturated heterocycles. The second kappa shape index (κ2) is 4.41. The number of carboxylic acids is 1. The zero-order valence-electron chi connectivity index (χ0n) is 9.21. The number of aliphatic carboxylic acids is 1. The van der Waals surface area contributed by atoms with Crippen molar-refractivity contribution < 1.29 is 27.9 Å². The summed E-state index contributed by atoms with van der Waals surface area (Å²) in [6.07, 6.45) is 0. The standard InChI is InChI=1S/C8H12N2O6S/c1-4-7(12)9-6(11)3-10(4)17(15,16)5(2)8(13)14/h4-5H,3H2,1-2H3,(H,13,14)(H,9,11,12). The van der Waals surface area contributed by atoms with Crippen LogP contribution in [-0.2, 0) is 24.4 Å². The highest BCUT2D eigenvalue weighted by atomic mass is 32.2. The lowest BCUT2D eigenvalue weighted by Gasteiger charge is -2.31. The Morgan fingerprint density at radius 1 is 1.53 bits per heavy atom. The fourth-order valence-electron chi connectivity index (χ4n) is 1.33. The number of carbonyl (C=O) groups excluding carboxylic acids is 2. The van der Waals surface area contributed by atoms with E-state index in [-0.39, 0.29) is 0 Å². The molecule has 0 aromatic heterocycles. The molecule has 2 N–H and O–H groups in total. The largest absolute Gasteiger partial charge is 0.480 e. The average molecular weight is 264 g/mol. The summed E-state index contributed by atoms with van der Waals surface area (Å²) in [5.41, 5.74) is 0. The van der Waals surface area contributed by atoms with Gasteiger partial charge in [0.15, 0.2) is 5.25 Å². The Labute approximate surface area is 97.6 Å². The Bertz CT molecular complexity index is 470. The molecule has 1 aliphatic heterocycles. The quantitative estimate of drug-likeness (QED) is 0.576. The summed E-state index contributed by atoms with van der Waals surface area (Å²) in [5, 5.41) is 8.94. The number of nitrogens with one attached hydrogen (secondary N) is 1. The highest BCUT2D eigenvalue weighted by Gasteiger charge is 2.42. The van der Waals surface area contributed by atoms with Crippen LogP contribution in [0, 0.1) is 0 Å². The Kier molecular flexibility index (Phi) is 3.53. The third kappa shape index (κ3) is 2.44. The van der Waals surface area contributed by atoms with Crippen molar-refractivity contribution in [1.82, 2.24) is 9.62 Å². The van der Waals surface area contributed by atoms with Gasteiger partial charge in [-0.3, -0.25) is 19.7 Å². The van der Waals surface area contributed by atoms with E-state index in [1.165, 1.54) is 6.92 Å².